The number of hydrogen-bond acceptors (Lipinski definition) is 4. The highest BCUT2D eigenvalue weighted by atomic mass is 32.1. The predicted octanol–water partition coefficient (Wildman–Crippen LogP) is 5.37. The van der Waals surface area contributed by atoms with Crippen LogP contribution in [0.4, 0.5) is 5.69 Å². The zero-order valence-electron chi connectivity index (χ0n) is 17.0. The van der Waals surface area contributed by atoms with Crippen molar-refractivity contribution in [2.24, 2.45) is 0 Å². The van der Waals surface area contributed by atoms with E-state index in [0.29, 0.717) is 23.4 Å². The van der Waals surface area contributed by atoms with Crippen molar-refractivity contribution in [1.29, 1.82) is 0 Å². The number of ether oxygens (including phenoxy) is 1. The average Bonchev–Trinajstić information content (AvgIpc) is 2.71. The molecule has 2 N–H and O–H groups in total. The van der Waals surface area contributed by atoms with Gasteiger partial charge in [-0.15, -0.1) is 0 Å². The Balaban J connectivity index is 1.77. The van der Waals surface area contributed by atoms with E-state index in [4.69, 9.17) is 17.0 Å². The Morgan fingerprint density at radius 2 is 1.52 bits per heavy atom. The summed E-state index contributed by atoms with van der Waals surface area (Å²) in [6, 6.07) is 13.9. The van der Waals surface area contributed by atoms with Crippen LogP contribution in [0.2, 0.25) is 0 Å². The van der Waals surface area contributed by atoms with Gasteiger partial charge >= 0.3 is 0 Å². The van der Waals surface area contributed by atoms with Crippen molar-refractivity contribution in [2.75, 3.05) is 11.9 Å². The maximum absolute atomic E-state index is 12.3. The Bertz CT molecular complexity index is 817. The van der Waals surface area contributed by atoms with Crippen LogP contribution in [0.3, 0.4) is 0 Å². The number of unbranched alkanes of at least 4 members (excludes halogenated alkanes) is 4. The van der Waals surface area contributed by atoms with E-state index in [1.54, 1.807) is 48.5 Å². The smallest absolute Gasteiger partial charge is 0.257 e. The van der Waals surface area contributed by atoms with Gasteiger partial charge in [-0.25, -0.2) is 0 Å². The number of benzene rings is 2. The van der Waals surface area contributed by atoms with Crippen LogP contribution in [0.5, 0.6) is 5.75 Å². The van der Waals surface area contributed by atoms with E-state index in [-0.39, 0.29) is 16.8 Å². The molecule has 0 aromatic heterocycles. The number of amides is 1. The van der Waals surface area contributed by atoms with Gasteiger partial charge in [-0.05, 0) is 74.1 Å². The Labute approximate surface area is 177 Å². The fraction of sp³-hybridized carbons (Fsp3) is 0.348. The summed E-state index contributed by atoms with van der Waals surface area (Å²) in [7, 11) is 0. The van der Waals surface area contributed by atoms with Crippen molar-refractivity contribution >= 4 is 34.7 Å². The zero-order chi connectivity index (χ0) is 21.1. The molecule has 2 aromatic carbocycles. The molecular formula is C23H28N2O3S. The number of rotatable bonds is 10. The van der Waals surface area contributed by atoms with Crippen molar-refractivity contribution in [3.05, 3.63) is 59.7 Å². The third-order valence-electron chi connectivity index (χ3n) is 4.41. The van der Waals surface area contributed by atoms with Crippen LogP contribution < -0.4 is 15.4 Å². The minimum Gasteiger partial charge on any atom is -0.494 e. The molecule has 2 aromatic rings. The summed E-state index contributed by atoms with van der Waals surface area (Å²) in [4.78, 5) is 23.6. The van der Waals surface area contributed by atoms with E-state index in [0.717, 1.165) is 12.2 Å². The molecule has 0 saturated carbocycles. The van der Waals surface area contributed by atoms with E-state index < -0.39 is 0 Å². The predicted molar refractivity (Wildman–Crippen MR) is 121 cm³/mol. The number of thiocarbonyl (C=S) groups is 1. The molecule has 0 spiro atoms. The molecule has 0 radical (unpaired) electrons. The summed E-state index contributed by atoms with van der Waals surface area (Å²) in [5.74, 6) is 0.452. The standard InChI is InChI=1S/C23H28N2O3S/c1-3-4-5-6-7-16-28-21-14-10-19(11-15-21)22(27)25-23(29)24-20-12-8-18(9-13-20)17(2)26/h8-15H,3-7,16H2,1-2H3,(H2,24,25,27,29). The quantitative estimate of drug-likeness (QED) is 0.312. The maximum atomic E-state index is 12.3. The minimum atomic E-state index is -0.297. The Morgan fingerprint density at radius 1 is 0.897 bits per heavy atom. The SMILES string of the molecule is CCCCCCCOc1ccc(C(=O)NC(=S)Nc2ccc(C(C)=O)cc2)cc1. The molecule has 0 aliphatic rings. The summed E-state index contributed by atoms with van der Waals surface area (Å²) < 4.78 is 5.71. The molecule has 154 valence electrons. The molecule has 29 heavy (non-hydrogen) atoms. The van der Waals surface area contributed by atoms with Crippen LogP contribution >= 0.6 is 12.2 Å². The third-order valence-corrected chi connectivity index (χ3v) is 4.61. The van der Waals surface area contributed by atoms with Gasteiger partial charge < -0.3 is 10.1 Å². The number of carbonyl (C=O) groups is 2. The summed E-state index contributed by atoms with van der Waals surface area (Å²) in [6.07, 6.45) is 5.96. The number of carbonyl (C=O) groups excluding carboxylic acids is 2. The molecule has 0 atom stereocenters. The molecule has 5 nitrogen and oxygen atoms in total. The summed E-state index contributed by atoms with van der Waals surface area (Å²) in [6.45, 7) is 4.40. The van der Waals surface area contributed by atoms with Crippen molar-refractivity contribution in [3.63, 3.8) is 0 Å². The molecule has 0 fully saturated rings. The zero-order valence-corrected chi connectivity index (χ0v) is 17.8. The molecule has 0 unspecified atom stereocenters. The van der Waals surface area contributed by atoms with E-state index in [1.165, 1.54) is 32.6 Å². The van der Waals surface area contributed by atoms with E-state index in [2.05, 4.69) is 17.6 Å². The van der Waals surface area contributed by atoms with Crippen LogP contribution in [-0.2, 0) is 0 Å². The monoisotopic (exact) mass is 412 g/mol. The molecule has 2 rings (SSSR count). The van der Waals surface area contributed by atoms with Gasteiger partial charge in [0.15, 0.2) is 10.9 Å². The number of nitrogens with one attached hydrogen (secondary N) is 2. The second-order valence-electron chi connectivity index (χ2n) is 6.83. The third kappa shape index (κ3) is 8.03. The fourth-order valence-corrected chi connectivity index (χ4v) is 2.93. The van der Waals surface area contributed by atoms with Crippen LogP contribution in [-0.4, -0.2) is 23.4 Å². The molecule has 6 heteroatoms. The van der Waals surface area contributed by atoms with E-state index in [1.807, 2.05) is 0 Å². The number of hydrogen-bond donors (Lipinski definition) is 2. The molecule has 1 amide bonds. The van der Waals surface area contributed by atoms with Crippen molar-refractivity contribution in [3.8, 4) is 5.75 Å². The number of anilines is 1. The molecule has 0 aliphatic heterocycles. The van der Waals surface area contributed by atoms with Crippen LogP contribution in [0.25, 0.3) is 0 Å². The molecule has 0 saturated heterocycles. The topological polar surface area (TPSA) is 67.4 Å². The molecule has 0 aliphatic carbocycles. The van der Waals surface area contributed by atoms with Crippen molar-refractivity contribution in [2.45, 2.75) is 46.0 Å². The van der Waals surface area contributed by atoms with Gasteiger partial charge in [-0.1, -0.05) is 32.6 Å². The highest BCUT2D eigenvalue weighted by molar-refractivity contribution is 7.80. The minimum absolute atomic E-state index is 0.00338. The Kier molecular flexibility index (Phi) is 9.31. The lowest BCUT2D eigenvalue weighted by molar-refractivity contribution is 0.0976. The first-order chi connectivity index (χ1) is 14.0. The largest absolute Gasteiger partial charge is 0.494 e. The Hall–Kier alpha value is -2.73. The first kappa shape index (κ1) is 22.6. The van der Waals surface area contributed by atoms with Gasteiger partial charge in [-0.3, -0.25) is 14.9 Å². The maximum Gasteiger partial charge on any atom is 0.257 e. The van der Waals surface area contributed by atoms with Crippen molar-refractivity contribution < 1.29 is 14.3 Å². The highest BCUT2D eigenvalue weighted by Gasteiger charge is 2.09. The Morgan fingerprint density at radius 3 is 2.14 bits per heavy atom. The lowest BCUT2D eigenvalue weighted by atomic mass is 10.1. The summed E-state index contributed by atoms with van der Waals surface area (Å²) >= 11 is 5.19. The normalized spacial score (nSPS) is 10.3. The highest BCUT2D eigenvalue weighted by Crippen LogP contribution is 2.14. The molecule has 0 bridgehead atoms. The van der Waals surface area contributed by atoms with Gasteiger partial charge in [0.1, 0.15) is 5.75 Å². The van der Waals surface area contributed by atoms with Crippen LogP contribution in [0, 0.1) is 0 Å². The number of Topliss-reactive ketones (excluding diaryl/α,β-unsaturated/α-hetero) is 1. The van der Waals surface area contributed by atoms with Gasteiger partial charge in [-0.2, -0.15) is 0 Å². The van der Waals surface area contributed by atoms with Crippen molar-refractivity contribution in [1.82, 2.24) is 5.32 Å². The average molecular weight is 413 g/mol. The summed E-state index contributed by atoms with van der Waals surface area (Å²) in [5.41, 5.74) is 1.81. The van der Waals surface area contributed by atoms with Gasteiger partial charge in [0.05, 0.1) is 6.61 Å². The first-order valence-corrected chi connectivity index (χ1v) is 10.4. The number of ketones is 1. The van der Waals surface area contributed by atoms with Gasteiger partial charge in [0.2, 0.25) is 0 Å². The second-order valence-corrected chi connectivity index (χ2v) is 7.24. The lowest BCUT2D eigenvalue weighted by Gasteiger charge is -2.10. The van der Waals surface area contributed by atoms with Crippen LogP contribution in [0.1, 0.15) is 66.7 Å². The fourth-order valence-electron chi connectivity index (χ4n) is 2.72. The van der Waals surface area contributed by atoms with E-state index in [9.17, 15) is 9.59 Å². The lowest BCUT2D eigenvalue weighted by Crippen LogP contribution is -2.34. The molecule has 0 heterocycles. The van der Waals surface area contributed by atoms with Gasteiger partial charge in [0.25, 0.3) is 5.91 Å². The summed E-state index contributed by atoms with van der Waals surface area (Å²) in [5, 5.41) is 5.77. The molecular weight excluding hydrogens is 384 g/mol. The van der Waals surface area contributed by atoms with Crippen LogP contribution in [0.15, 0.2) is 48.5 Å². The van der Waals surface area contributed by atoms with E-state index >= 15 is 0 Å². The van der Waals surface area contributed by atoms with Gasteiger partial charge in [0, 0.05) is 16.8 Å². The second kappa shape index (κ2) is 12.0. The first-order valence-electron chi connectivity index (χ1n) is 9.96.